The molecule has 0 spiro atoms. The highest BCUT2D eigenvalue weighted by molar-refractivity contribution is 7.90. The number of rotatable bonds is 5. The summed E-state index contributed by atoms with van der Waals surface area (Å²) >= 11 is 0. The van der Waals surface area contributed by atoms with Crippen LogP contribution in [0.15, 0.2) is 41.4 Å². The van der Waals surface area contributed by atoms with Crippen molar-refractivity contribution < 1.29 is 31.1 Å². The van der Waals surface area contributed by atoms with Crippen LogP contribution in [0.2, 0.25) is 0 Å². The minimum absolute atomic E-state index is 0.00164. The molecule has 0 N–H and O–H groups in total. The van der Waals surface area contributed by atoms with Gasteiger partial charge in [0.25, 0.3) is 5.91 Å². The molecule has 34 heavy (non-hydrogen) atoms. The molecule has 7 nitrogen and oxygen atoms in total. The summed E-state index contributed by atoms with van der Waals surface area (Å²) in [6.07, 6.45) is 1.32. The molecule has 0 bridgehead atoms. The van der Waals surface area contributed by atoms with Gasteiger partial charge in [0.2, 0.25) is 0 Å². The van der Waals surface area contributed by atoms with E-state index in [4.69, 9.17) is 4.74 Å². The van der Waals surface area contributed by atoms with E-state index in [1.807, 2.05) is 4.90 Å². The van der Waals surface area contributed by atoms with Crippen molar-refractivity contribution in [3.8, 4) is 5.75 Å². The number of anilines is 1. The molecule has 0 atom stereocenters. The van der Waals surface area contributed by atoms with Crippen LogP contribution in [0.1, 0.15) is 41.6 Å². The number of halogens is 3. The fourth-order valence-corrected chi connectivity index (χ4v) is 4.89. The van der Waals surface area contributed by atoms with Gasteiger partial charge in [-0.05, 0) is 56.0 Å². The number of carbonyl (C=O) groups excluding carboxylic acids is 1. The van der Waals surface area contributed by atoms with E-state index in [0.717, 1.165) is 44.2 Å². The normalized spacial score (nSPS) is 17.8. The van der Waals surface area contributed by atoms with Crippen molar-refractivity contribution in [3.05, 3.63) is 47.7 Å². The number of piperazine rings is 1. The Labute approximate surface area is 196 Å². The molecule has 1 amide bonds. The zero-order valence-corrected chi connectivity index (χ0v) is 19.5. The largest absolute Gasteiger partial charge is 0.490 e. The first-order chi connectivity index (χ1) is 16.0. The number of pyridine rings is 1. The molecule has 4 rings (SSSR count). The number of nitrogens with zero attached hydrogens (tertiary/aromatic N) is 3. The molecule has 1 saturated heterocycles. The molecule has 1 aromatic heterocycles. The summed E-state index contributed by atoms with van der Waals surface area (Å²) in [6, 6.07) is 6.67. The number of hydrogen-bond acceptors (Lipinski definition) is 6. The standard InChI is InChI=1S/C23H26F3N3O4S/c1-34(31,32)18-7-8-20(33-17-4-2-3-5-17)19(14-18)22(30)29-12-10-28(11-13-29)21-9-6-16(15-27-21)23(24,25)26/h6-9,14-15,17H,2-5,10-13H2,1H3. The van der Waals surface area contributed by atoms with E-state index in [-0.39, 0.29) is 22.5 Å². The quantitative estimate of drug-likeness (QED) is 0.626. The van der Waals surface area contributed by atoms with Gasteiger partial charge in [-0.2, -0.15) is 13.2 Å². The second-order valence-corrected chi connectivity index (χ2v) is 10.7. The van der Waals surface area contributed by atoms with Gasteiger partial charge in [0.15, 0.2) is 9.84 Å². The molecule has 1 saturated carbocycles. The zero-order chi connectivity index (χ0) is 24.5. The van der Waals surface area contributed by atoms with E-state index in [0.29, 0.717) is 37.7 Å². The lowest BCUT2D eigenvalue weighted by Crippen LogP contribution is -2.49. The third kappa shape index (κ3) is 5.45. The van der Waals surface area contributed by atoms with Crippen LogP contribution in [0.5, 0.6) is 5.75 Å². The van der Waals surface area contributed by atoms with Gasteiger partial charge >= 0.3 is 6.18 Å². The molecule has 1 aliphatic carbocycles. The first kappa shape index (κ1) is 24.3. The minimum atomic E-state index is -4.45. The second kappa shape index (κ2) is 9.44. The molecule has 0 radical (unpaired) electrons. The van der Waals surface area contributed by atoms with Crippen LogP contribution in [0.4, 0.5) is 19.0 Å². The fraction of sp³-hybridized carbons (Fsp3) is 0.478. The summed E-state index contributed by atoms with van der Waals surface area (Å²) < 4.78 is 68.6. The van der Waals surface area contributed by atoms with E-state index < -0.39 is 21.6 Å². The van der Waals surface area contributed by atoms with Crippen molar-refractivity contribution in [1.29, 1.82) is 0 Å². The highest BCUT2D eigenvalue weighted by atomic mass is 32.2. The van der Waals surface area contributed by atoms with Crippen molar-refractivity contribution in [2.45, 2.75) is 42.9 Å². The molecular formula is C23H26F3N3O4S. The number of alkyl halides is 3. The van der Waals surface area contributed by atoms with Crippen LogP contribution in [0, 0.1) is 0 Å². The average molecular weight is 498 g/mol. The third-order valence-electron chi connectivity index (χ3n) is 6.17. The summed E-state index contributed by atoms with van der Waals surface area (Å²) in [7, 11) is -3.52. The van der Waals surface area contributed by atoms with Crippen molar-refractivity contribution in [3.63, 3.8) is 0 Å². The summed E-state index contributed by atoms with van der Waals surface area (Å²) in [4.78, 5) is 20.7. The summed E-state index contributed by atoms with van der Waals surface area (Å²) in [5.74, 6) is 0.444. The lowest BCUT2D eigenvalue weighted by atomic mass is 10.1. The second-order valence-electron chi connectivity index (χ2n) is 8.64. The molecule has 184 valence electrons. The number of sulfone groups is 1. The number of amides is 1. The molecule has 0 unspecified atom stereocenters. The fourth-order valence-electron chi connectivity index (χ4n) is 4.25. The predicted molar refractivity (Wildman–Crippen MR) is 120 cm³/mol. The van der Waals surface area contributed by atoms with Crippen LogP contribution in [-0.2, 0) is 16.0 Å². The van der Waals surface area contributed by atoms with Crippen molar-refractivity contribution in [1.82, 2.24) is 9.88 Å². The molecule has 2 aromatic rings. The van der Waals surface area contributed by atoms with Crippen molar-refractivity contribution in [2.24, 2.45) is 0 Å². The summed E-state index contributed by atoms with van der Waals surface area (Å²) in [5, 5.41) is 0. The monoisotopic (exact) mass is 497 g/mol. The predicted octanol–water partition coefficient (Wildman–Crippen LogP) is 3.79. The number of aromatic nitrogens is 1. The van der Waals surface area contributed by atoms with Gasteiger partial charge in [-0.25, -0.2) is 13.4 Å². The van der Waals surface area contributed by atoms with E-state index in [1.54, 1.807) is 11.0 Å². The molecule has 11 heteroatoms. The smallest absolute Gasteiger partial charge is 0.417 e. The lowest BCUT2D eigenvalue weighted by Gasteiger charge is -2.35. The third-order valence-corrected chi connectivity index (χ3v) is 7.28. The SMILES string of the molecule is CS(=O)(=O)c1ccc(OC2CCCC2)c(C(=O)N2CCN(c3ccc(C(F)(F)F)cn3)CC2)c1. The molecule has 2 aliphatic rings. The minimum Gasteiger partial charge on any atom is -0.490 e. The molecule has 1 aromatic carbocycles. The van der Waals surface area contributed by atoms with E-state index in [2.05, 4.69) is 4.98 Å². The maximum absolute atomic E-state index is 13.4. The first-order valence-electron chi connectivity index (χ1n) is 11.1. The summed E-state index contributed by atoms with van der Waals surface area (Å²) in [5.41, 5.74) is -0.610. The van der Waals surface area contributed by atoms with Crippen LogP contribution in [-0.4, -0.2) is 62.7 Å². The highest BCUT2D eigenvalue weighted by Crippen LogP contribution is 2.31. The molecular weight excluding hydrogens is 471 g/mol. The number of hydrogen-bond donors (Lipinski definition) is 0. The Bertz CT molecular complexity index is 1140. The van der Waals surface area contributed by atoms with E-state index >= 15 is 0 Å². The van der Waals surface area contributed by atoms with Gasteiger partial charge in [-0.3, -0.25) is 4.79 Å². The van der Waals surface area contributed by atoms with E-state index in [1.165, 1.54) is 18.2 Å². The van der Waals surface area contributed by atoms with Gasteiger partial charge < -0.3 is 14.5 Å². The van der Waals surface area contributed by atoms with Crippen LogP contribution in [0.3, 0.4) is 0 Å². The highest BCUT2D eigenvalue weighted by Gasteiger charge is 2.32. The van der Waals surface area contributed by atoms with Gasteiger partial charge in [-0.1, -0.05) is 0 Å². The topological polar surface area (TPSA) is 79.8 Å². The number of ether oxygens (including phenoxy) is 1. The molecule has 2 heterocycles. The number of benzene rings is 1. The Balaban J connectivity index is 1.49. The van der Waals surface area contributed by atoms with Crippen LogP contribution < -0.4 is 9.64 Å². The maximum Gasteiger partial charge on any atom is 0.417 e. The van der Waals surface area contributed by atoms with E-state index in [9.17, 15) is 26.4 Å². The van der Waals surface area contributed by atoms with Gasteiger partial charge in [0.1, 0.15) is 11.6 Å². The van der Waals surface area contributed by atoms with Gasteiger partial charge in [0.05, 0.1) is 22.1 Å². The Kier molecular flexibility index (Phi) is 6.75. The molecule has 1 aliphatic heterocycles. The zero-order valence-electron chi connectivity index (χ0n) is 18.7. The Morgan fingerprint density at radius 2 is 1.74 bits per heavy atom. The van der Waals surface area contributed by atoms with Crippen LogP contribution >= 0.6 is 0 Å². The summed E-state index contributed by atoms with van der Waals surface area (Å²) in [6.45, 7) is 1.39. The Morgan fingerprint density at radius 3 is 2.29 bits per heavy atom. The van der Waals surface area contributed by atoms with Crippen molar-refractivity contribution in [2.75, 3.05) is 37.3 Å². The maximum atomic E-state index is 13.4. The number of carbonyl (C=O) groups is 1. The molecule has 2 fully saturated rings. The Hall–Kier alpha value is -2.82. The first-order valence-corrected chi connectivity index (χ1v) is 13.0. The van der Waals surface area contributed by atoms with Gasteiger partial charge in [-0.15, -0.1) is 0 Å². The van der Waals surface area contributed by atoms with Gasteiger partial charge in [0, 0.05) is 38.6 Å². The van der Waals surface area contributed by atoms with Crippen LogP contribution in [0.25, 0.3) is 0 Å². The average Bonchev–Trinajstić information content (AvgIpc) is 3.31. The lowest BCUT2D eigenvalue weighted by molar-refractivity contribution is -0.137. The van der Waals surface area contributed by atoms with Crippen molar-refractivity contribution >= 4 is 21.6 Å². The Morgan fingerprint density at radius 1 is 1.06 bits per heavy atom.